The zero-order valence-corrected chi connectivity index (χ0v) is 12.7. The molecule has 2 unspecified atom stereocenters. The van der Waals surface area contributed by atoms with Gasteiger partial charge in [0, 0.05) is 44.9 Å². The van der Waals surface area contributed by atoms with Crippen molar-refractivity contribution >= 4 is 0 Å². The second-order valence-corrected chi connectivity index (χ2v) is 7.11. The van der Waals surface area contributed by atoms with Crippen LogP contribution in [-0.4, -0.2) is 61.3 Å². The smallest absolute Gasteiger partial charge is 0.0469 e. The van der Waals surface area contributed by atoms with E-state index in [4.69, 9.17) is 4.74 Å². The number of nitrogens with zero attached hydrogens (tertiary/aromatic N) is 2. The fourth-order valence-electron chi connectivity index (χ4n) is 4.21. The third kappa shape index (κ3) is 3.14. The Kier molecular flexibility index (Phi) is 4.45. The van der Waals surface area contributed by atoms with Gasteiger partial charge in [-0.05, 0) is 44.1 Å². The summed E-state index contributed by atoms with van der Waals surface area (Å²) in [7, 11) is 0. The molecular formula is C16H30N2O. The normalized spacial score (nSPS) is 34.9. The van der Waals surface area contributed by atoms with Gasteiger partial charge in [-0.25, -0.2) is 0 Å². The first-order chi connectivity index (χ1) is 9.24. The molecule has 3 aliphatic rings. The molecule has 0 bridgehead atoms. The summed E-state index contributed by atoms with van der Waals surface area (Å²) in [4.78, 5) is 5.58. The molecule has 3 fully saturated rings. The minimum Gasteiger partial charge on any atom is -0.381 e. The molecule has 0 aliphatic carbocycles. The molecule has 0 amide bonds. The molecule has 0 spiro atoms. The molecular weight excluding hydrogens is 236 g/mol. The van der Waals surface area contributed by atoms with Crippen LogP contribution in [-0.2, 0) is 4.74 Å². The summed E-state index contributed by atoms with van der Waals surface area (Å²) in [5.74, 6) is 1.66. The van der Waals surface area contributed by atoms with Crippen molar-refractivity contribution in [1.82, 2.24) is 9.80 Å². The van der Waals surface area contributed by atoms with Crippen molar-refractivity contribution < 1.29 is 4.74 Å². The Morgan fingerprint density at radius 1 is 1.11 bits per heavy atom. The van der Waals surface area contributed by atoms with E-state index in [0.29, 0.717) is 0 Å². The van der Waals surface area contributed by atoms with E-state index in [1.807, 2.05) is 0 Å². The number of ether oxygens (including phenoxy) is 1. The average molecular weight is 266 g/mol. The van der Waals surface area contributed by atoms with Crippen LogP contribution in [0.3, 0.4) is 0 Å². The third-order valence-electron chi connectivity index (χ3n) is 5.44. The zero-order chi connectivity index (χ0) is 13.2. The van der Waals surface area contributed by atoms with Crippen molar-refractivity contribution in [3.63, 3.8) is 0 Å². The monoisotopic (exact) mass is 266 g/mol. The first-order valence-corrected chi connectivity index (χ1v) is 8.30. The van der Waals surface area contributed by atoms with Crippen LogP contribution in [0.15, 0.2) is 0 Å². The molecule has 110 valence electrons. The standard InChI is InChI=1S/C16H30N2O/c1-13(2)16-12-17-7-3-4-15(17)11-18(16)10-14-5-8-19-9-6-14/h13-16H,3-12H2,1-2H3. The summed E-state index contributed by atoms with van der Waals surface area (Å²) in [6.45, 7) is 12.1. The van der Waals surface area contributed by atoms with E-state index in [9.17, 15) is 0 Å². The minimum atomic E-state index is 0.775. The summed E-state index contributed by atoms with van der Waals surface area (Å²) in [5.41, 5.74) is 0. The van der Waals surface area contributed by atoms with Gasteiger partial charge in [-0.15, -0.1) is 0 Å². The zero-order valence-electron chi connectivity index (χ0n) is 12.7. The summed E-state index contributed by atoms with van der Waals surface area (Å²) < 4.78 is 5.51. The molecule has 0 aromatic rings. The van der Waals surface area contributed by atoms with E-state index in [2.05, 4.69) is 23.6 Å². The highest BCUT2D eigenvalue weighted by Crippen LogP contribution is 2.29. The largest absolute Gasteiger partial charge is 0.381 e. The Hall–Kier alpha value is -0.120. The van der Waals surface area contributed by atoms with Gasteiger partial charge in [0.05, 0.1) is 0 Å². The Morgan fingerprint density at radius 2 is 1.89 bits per heavy atom. The topological polar surface area (TPSA) is 15.7 Å². The van der Waals surface area contributed by atoms with Crippen LogP contribution in [0.2, 0.25) is 0 Å². The van der Waals surface area contributed by atoms with Crippen molar-refractivity contribution in [2.75, 3.05) is 39.4 Å². The SMILES string of the molecule is CC(C)C1CN2CCCC2CN1CC1CCOCC1. The van der Waals surface area contributed by atoms with E-state index in [-0.39, 0.29) is 0 Å². The van der Waals surface area contributed by atoms with Crippen LogP contribution >= 0.6 is 0 Å². The number of piperazine rings is 1. The number of rotatable bonds is 3. The van der Waals surface area contributed by atoms with Gasteiger partial charge in [0.1, 0.15) is 0 Å². The first-order valence-electron chi connectivity index (χ1n) is 8.30. The lowest BCUT2D eigenvalue weighted by Gasteiger charge is -2.47. The predicted molar refractivity (Wildman–Crippen MR) is 78.3 cm³/mol. The number of hydrogen-bond acceptors (Lipinski definition) is 3. The average Bonchev–Trinajstić information content (AvgIpc) is 2.86. The maximum atomic E-state index is 5.51. The lowest BCUT2D eigenvalue weighted by molar-refractivity contribution is -0.00237. The highest BCUT2D eigenvalue weighted by molar-refractivity contribution is 4.93. The van der Waals surface area contributed by atoms with Crippen LogP contribution in [0.4, 0.5) is 0 Å². The summed E-state index contributed by atoms with van der Waals surface area (Å²) in [5, 5.41) is 0. The van der Waals surface area contributed by atoms with Crippen LogP contribution in [0.5, 0.6) is 0 Å². The highest BCUT2D eigenvalue weighted by Gasteiger charge is 2.38. The van der Waals surface area contributed by atoms with Crippen molar-refractivity contribution in [3.8, 4) is 0 Å². The number of fused-ring (bicyclic) bond motifs is 1. The lowest BCUT2D eigenvalue weighted by Crippen LogP contribution is -2.58. The van der Waals surface area contributed by atoms with Gasteiger partial charge in [-0.2, -0.15) is 0 Å². The molecule has 3 nitrogen and oxygen atoms in total. The van der Waals surface area contributed by atoms with Gasteiger partial charge in [-0.1, -0.05) is 13.8 Å². The second kappa shape index (κ2) is 6.11. The summed E-state index contributed by atoms with van der Waals surface area (Å²) in [6.07, 6.45) is 5.39. The first kappa shape index (κ1) is 13.8. The van der Waals surface area contributed by atoms with Gasteiger partial charge in [0.2, 0.25) is 0 Å². The molecule has 0 aromatic carbocycles. The number of hydrogen-bond donors (Lipinski definition) is 0. The minimum absolute atomic E-state index is 0.775. The molecule has 3 saturated heterocycles. The van der Waals surface area contributed by atoms with E-state index in [1.165, 1.54) is 51.9 Å². The van der Waals surface area contributed by atoms with Gasteiger partial charge in [-0.3, -0.25) is 9.80 Å². The summed E-state index contributed by atoms with van der Waals surface area (Å²) >= 11 is 0. The van der Waals surface area contributed by atoms with Crippen molar-refractivity contribution in [2.45, 2.75) is 51.6 Å². The van der Waals surface area contributed by atoms with Gasteiger partial charge >= 0.3 is 0 Å². The van der Waals surface area contributed by atoms with E-state index in [0.717, 1.165) is 37.1 Å². The van der Waals surface area contributed by atoms with Gasteiger partial charge < -0.3 is 4.74 Å². The maximum absolute atomic E-state index is 5.51. The molecule has 2 atom stereocenters. The van der Waals surface area contributed by atoms with Crippen LogP contribution in [0, 0.1) is 11.8 Å². The molecule has 0 radical (unpaired) electrons. The van der Waals surface area contributed by atoms with Crippen molar-refractivity contribution in [3.05, 3.63) is 0 Å². The fourth-order valence-corrected chi connectivity index (χ4v) is 4.21. The van der Waals surface area contributed by atoms with Gasteiger partial charge in [0.15, 0.2) is 0 Å². The van der Waals surface area contributed by atoms with Crippen LogP contribution in [0.1, 0.15) is 39.5 Å². The van der Waals surface area contributed by atoms with E-state index >= 15 is 0 Å². The van der Waals surface area contributed by atoms with Crippen molar-refractivity contribution in [1.29, 1.82) is 0 Å². The second-order valence-electron chi connectivity index (χ2n) is 7.11. The quantitative estimate of drug-likeness (QED) is 0.779. The lowest BCUT2D eigenvalue weighted by atomic mass is 9.93. The van der Waals surface area contributed by atoms with Crippen molar-refractivity contribution in [2.24, 2.45) is 11.8 Å². The predicted octanol–water partition coefficient (Wildman–Crippen LogP) is 2.22. The van der Waals surface area contributed by atoms with E-state index < -0.39 is 0 Å². The Bertz CT molecular complexity index is 288. The van der Waals surface area contributed by atoms with Crippen LogP contribution < -0.4 is 0 Å². The Balaban J connectivity index is 1.62. The molecule has 3 rings (SSSR count). The molecule has 19 heavy (non-hydrogen) atoms. The highest BCUT2D eigenvalue weighted by atomic mass is 16.5. The molecule has 3 aliphatic heterocycles. The molecule has 3 heterocycles. The molecule has 0 aromatic heterocycles. The third-order valence-corrected chi connectivity index (χ3v) is 5.44. The summed E-state index contributed by atoms with van der Waals surface area (Å²) in [6, 6.07) is 1.63. The van der Waals surface area contributed by atoms with Gasteiger partial charge in [0.25, 0.3) is 0 Å². The maximum Gasteiger partial charge on any atom is 0.0469 e. The molecule has 3 heteroatoms. The molecule has 0 saturated carbocycles. The van der Waals surface area contributed by atoms with Crippen LogP contribution in [0.25, 0.3) is 0 Å². The van der Waals surface area contributed by atoms with E-state index in [1.54, 1.807) is 0 Å². The Morgan fingerprint density at radius 3 is 2.63 bits per heavy atom. The molecule has 0 N–H and O–H groups in total. The Labute approximate surface area is 118 Å². The fraction of sp³-hybridized carbons (Fsp3) is 1.00.